The highest BCUT2D eigenvalue weighted by Crippen LogP contribution is 2.38. The molecule has 0 spiro atoms. The largest absolute Gasteiger partial charge is 0.441 e. The van der Waals surface area contributed by atoms with Crippen LogP contribution in [-0.4, -0.2) is 19.4 Å². The number of benzene rings is 3. The lowest BCUT2D eigenvalue weighted by Gasteiger charge is -2.36. The molecule has 0 aliphatic carbocycles. The van der Waals surface area contributed by atoms with Gasteiger partial charge in [-0.25, -0.2) is 18.2 Å². The molecule has 1 aliphatic rings. The quantitative estimate of drug-likeness (QED) is 0.414. The van der Waals surface area contributed by atoms with Gasteiger partial charge in [-0.3, -0.25) is 4.90 Å². The number of urea groups is 1. The Morgan fingerprint density at radius 1 is 0.909 bits per heavy atom. The van der Waals surface area contributed by atoms with E-state index >= 15 is 0 Å². The molecule has 0 N–H and O–H groups in total. The normalized spacial score (nSPS) is 14.9. The summed E-state index contributed by atoms with van der Waals surface area (Å²) in [5, 5.41) is 0. The van der Waals surface area contributed by atoms with Crippen LogP contribution in [0.15, 0.2) is 88.2 Å². The summed E-state index contributed by atoms with van der Waals surface area (Å²) in [6.45, 7) is 3.69. The Morgan fingerprint density at radius 3 is 2.39 bits per heavy atom. The standard InChI is InChI=1S/C25H21N3O4S/c1-17-9-8-12-20(15-17)28-25(29)27(22-13-6-7-14-23(22)33(28,30)31)16-21-18(2)32-24(26-21)19-10-4-3-5-11-19/h3-15H,16H2,1-2H3. The van der Waals surface area contributed by atoms with Crippen LogP contribution in [-0.2, 0) is 16.6 Å². The van der Waals surface area contributed by atoms with Gasteiger partial charge in [0.25, 0.3) is 10.0 Å². The number of oxazole rings is 1. The third-order valence-electron chi connectivity index (χ3n) is 5.54. The molecular weight excluding hydrogens is 438 g/mol. The summed E-state index contributed by atoms with van der Waals surface area (Å²) in [7, 11) is -4.08. The van der Waals surface area contributed by atoms with Crippen LogP contribution in [0.3, 0.4) is 0 Å². The molecule has 0 unspecified atom stereocenters. The first-order valence-corrected chi connectivity index (χ1v) is 11.8. The van der Waals surface area contributed by atoms with E-state index in [0.717, 1.165) is 15.4 Å². The van der Waals surface area contributed by atoms with Crippen LogP contribution >= 0.6 is 0 Å². The van der Waals surface area contributed by atoms with Crippen molar-refractivity contribution in [3.05, 3.63) is 95.9 Å². The average Bonchev–Trinajstić information content (AvgIpc) is 3.17. The lowest BCUT2D eigenvalue weighted by molar-refractivity contribution is 0.253. The number of nitrogens with zero attached hydrogens (tertiary/aromatic N) is 3. The lowest BCUT2D eigenvalue weighted by atomic mass is 10.2. The molecule has 166 valence electrons. The number of hydrogen-bond donors (Lipinski definition) is 0. The van der Waals surface area contributed by atoms with Gasteiger partial charge in [0.1, 0.15) is 16.3 Å². The number of para-hydroxylation sites is 1. The zero-order valence-corrected chi connectivity index (χ0v) is 18.9. The number of carbonyl (C=O) groups is 1. The van der Waals surface area contributed by atoms with Gasteiger partial charge in [-0.05, 0) is 55.8 Å². The summed E-state index contributed by atoms with van der Waals surface area (Å²) in [6, 6.07) is 22.2. The zero-order chi connectivity index (χ0) is 23.2. The van der Waals surface area contributed by atoms with Crippen molar-refractivity contribution in [1.82, 2.24) is 4.98 Å². The predicted molar refractivity (Wildman–Crippen MR) is 126 cm³/mol. The van der Waals surface area contributed by atoms with Gasteiger partial charge in [-0.2, -0.15) is 4.31 Å². The van der Waals surface area contributed by atoms with Crippen molar-refractivity contribution in [3.63, 3.8) is 0 Å². The van der Waals surface area contributed by atoms with Crippen LogP contribution in [0.4, 0.5) is 16.2 Å². The molecule has 33 heavy (non-hydrogen) atoms. The fraction of sp³-hybridized carbons (Fsp3) is 0.120. The summed E-state index contributed by atoms with van der Waals surface area (Å²) in [5.74, 6) is 1.01. The van der Waals surface area contributed by atoms with Crippen molar-refractivity contribution < 1.29 is 17.6 Å². The lowest BCUT2D eigenvalue weighted by Crippen LogP contribution is -2.50. The number of hydrogen-bond acceptors (Lipinski definition) is 5. The van der Waals surface area contributed by atoms with Gasteiger partial charge in [-0.1, -0.05) is 42.5 Å². The maximum Gasteiger partial charge on any atom is 0.343 e. The van der Waals surface area contributed by atoms with Gasteiger partial charge in [0, 0.05) is 5.56 Å². The van der Waals surface area contributed by atoms with Crippen molar-refractivity contribution in [2.24, 2.45) is 0 Å². The second-order valence-electron chi connectivity index (χ2n) is 7.83. The number of aryl methyl sites for hydroxylation is 2. The Kier molecular flexibility index (Phi) is 5.02. The Morgan fingerprint density at radius 2 is 1.64 bits per heavy atom. The number of amides is 2. The van der Waals surface area contributed by atoms with Gasteiger partial charge in [0.05, 0.1) is 17.9 Å². The van der Waals surface area contributed by atoms with Gasteiger partial charge in [-0.15, -0.1) is 0 Å². The fourth-order valence-corrected chi connectivity index (χ4v) is 5.48. The molecule has 3 aromatic carbocycles. The number of rotatable bonds is 4. The van der Waals surface area contributed by atoms with E-state index in [-0.39, 0.29) is 11.4 Å². The number of carbonyl (C=O) groups excluding carboxylic acids is 1. The number of aromatic nitrogens is 1. The molecule has 4 aromatic rings. The molecule has 1 aliphatic heterocycles. The average molecular weight is 460 g/mol. The highest BCUT2D eigenvalue weighted by Gasteiger charge is 2.42. The molecular formula is C25H21N3O4S. The molecule has 5 rings (SSSR count). The van der Waals surface area contributed by atoms with E-state index in [2.05, 4.69) is 4.98 Å². The zero-order valence-electron chi connectivity index (χ0n) is 18.1. The summed E-state index contributed by atoms with van der Waals surface area (Å²) in [6.07, 6.45) is 0. The molecule has 2 amide bonds. The molecule has 0 atom stereocenters. The number of anilines is 2. The highest BCUT2D eigenvalue weighted by atomic mass is 32.2. The van der Waals surface area contributed by atoms with Crippen LogP contribution in [0.1, 0.15) is 17.0 Å². The first kappa shape index (κ1) is 21.0. The molecule has 0 saturated carbocycles. The van der Waals surface area contributed by atoms with Crippen molar-refractivity contribution in [3.8, 4) is 11.5 Å². The van der Waals surface area contributed by atoms with Gasteiger partial charge < -0.3 is 4.42 Å². The van der Waals surface area contributed by atoms with Crippen molar-refractivity contribution in [2.45, 2.75) is 25.3 Å². The van der Waals surface area contributed by atoms with Crippen LogP contribution < -0.4 is 9.21 Å². The number of fused-ring (bicyclic) bond motifs is 1. The second kappa shape index (κ2) is 7.90. The molecule has 2 heterocycles. The third kappa shape index (κ3) is 3.58. The van der Waals surface area contributed by atoms with Crippen LogP contribution in [0.5, 0.6) is 0 Å². The van der Waals surface area contributed by atoms with E-state index in [1.165, 1.54) is 11.0 Å². The Bertz CT molecular complexity index is 1460. The first-order chi connectivity index (χ1) is 15.9. The molecule has 0 saturated heterocycles. The van der Waals surface area contributed by atoms with E-state index in [1.54, 1.807) is 43.3 Å². The Labute approximate surface area is 192 Å². The van der Waals surface area contributed by atoms with E-state index < -0.39 is 16.1 Å². The monoisotopic (exact) mass is 459 g/mol. The topological polar surface area (TPSA) is 83.7 Å². The summed E-state index contributed by atoms with van der Waals surface area (Å²) < 4.78 is 33.6. The van der Waals surface area contributed by atoms with Crippen molar-refractivity contribution in [1.29, 1.82) is 0 Å². The summed E-state index contributed by atoms with van der Waals surface area (Å²) in [5.41, 5.74) is 2.83. The van der Waals surface area contributed by atoms with Gasteiger partial charge >= 0.3 is 6.03 Å². The maximum absolute atomic E-state index is 13.6. The smallest absolute Gasteiger partial charge is 0.343 e. The van der Waals surface area contributed by atoms with Crippen LogP contribution in [0, 0.1) is 13.8 Å². The number of sulfonamides is 1. The minimum absolute atomic E-state index is 0.0653. The molecule has 0 fully saturated rings. The van der Waals surface area contributed by atoms with Gasteiger partial charge in [0.15, 0.2) is 0 Å². The minimum atomic E-state index is -4.08. The van der Waals surface area contributed by atoms with Crippen LogP contribution in [0.25, 0.3) is 11.5 Å². The molecule has 7 nitrogen and oxygen atoms in total. The molecule has 0 bridgehead atoms. The van der Waals surface area contributed by atoms with Crippen LogP contribution in [0.2, 0.25) is 0 Å². The highest BCUT2D eigenvalue weighted by molar-refractivity contribution is 7.94. The Balaban J connectivity index is 1.60. The Hall–Kier alpha value is -3.91. The molecule has 1 aromatic heterocycles. The fourth-order valence-electron chi connectivity index (χ4n) is 3.90. The van der Waals surface area contributed by atoms with E-state index in [0.29, 0.717) is 28.7 Å². The molecule has 8 heteroatoms. The molecule has 0 radical (unpaired) electrons. The second-order valence-corrected chi connectivity index (χ2v) is 9.59. The van der Waals surface area contributed by atoms with E-state index in [9.17, 15) is 13.2 Å². The predicted octanol–water partition coefficient (Wildman–Crippen LogP) is 5.29. The van der Waals surface area contributed by atoms with Crippen molar-refractivity contribution in [2.75, 3.05) is 9.21 Å². The maximum atomic E-state index is 13.6. The summed E-state index contributed by atoms with van der Waals surface area (Å²) in [4.78, 5) is 19.7. The first-order valence-electron chi connectivity index (χ1n) is 10.4. The SMILES string of the molecule is Cc1cccc(N2C(=O)N(Cc3nc(-c4ccccc4)oc3C)c3ccccc3S2(=O)=O)c1. The van der Waals surface area contributed by atoms with E-state index in [4.69, 9.17) is 4.42 Å². The van der Waals surface area contributed by atoms with Gasteiger partial charge in [0.2, 0.25) is 5.89 Å². The van der Waals surface area contributed by atoms with Crippen molar-refractivity contribution >= 4 is 27.4 Å². The summed E-state index contributed by atoms with van der Waals surface area (Å²) >= 11 is 0. The minimum Gasteiger partial charge on any atom is -0.441 e. The third-order valence-corrected chi connectivity index (χ3v) is 7.29. The van der Waals surface area contributed by atoms with E-state index in [1.807, 2.05) is 43.3 Å².